The molecule has 0 aromatic heterocycles. The largest absolute Gasteiger partial charge is 0.460 e. The van der Waals surface area contributed by atoms with Crippen molar-refractivity contribution in [3.8, 4) is 0 Å². The Morgan fingerprint density at radius 1 is 0.767 bits per heavy atom. The second-order valence-corrected chi connectivity index (χ2v) is 16.7. The number of hydrogen-bond donors (Lipinski definition) is 3. The summed E-state index contributed by atoms with van der Waals surface area (Å²) in [6.07, 6.45) is 0.128. The highest BCUT2D eigenvalue weighted by atomic mass is 16.6. The van der Waals surface area contributed by atoms with E-state index in [1.54, 1.807) is 32.9 Å². The zero-order valence-corrected chi connectivity index (χ0v) is 38.0. The summed E-state index contributed by atoms with van der Waals surface area (Å²) in [7, 11) is 4.33. The van der Waals surface area contributed by atoms with Gasteiger partial charge in [-0.05, 0) is 51.0 Å². The fourth-order valence-electron chi connectivity index (χ4n) is 6.93. The van der Waals surface area contributed by atoms with Crippen molar-refractivity contribution < 1.29 is 48.1 Å². The first-order chi connectivity index (χ1) is 28.1. The van der Waals surface area contributed by atoms with Gasteiger partial charge in [-0.3, -0.25) is 24.0 Å². The van der Waals surface area contributed by atoms with Crippen molar-refractivity contribution >= 4 is 41.5 Å². The number of aliphatic hydroxyl groups is 1. The molecule has 0 spiro atoms. The van der Waals surface area contributed by atoms with Crippen LogP contribution >= 0.6 is 0 Å². The van der Waals surface area contributed by atoms with Crippen LogP contribution in [0.2, 0.25) is 0 Å². The molecule has 1 aromatic carbocycles. The number of carbonyl (C=O) groups is 7. The molecular weight excluding hydrogens is 771 g/mol. The molecule has 15 heteroatoms. The first-order valence-electron chi connectivity index (χ1n) is 21.3. The maximum atomic E-state index is 14.2. The molecule has 1 aliphatic rings. The predicted molar refractivity (Wildman–Crippen MR) is 228 cm³/mol. The van der Waals surface area contributed by atoms with E-state index in [1.165, 1.54) is 62.7 Å². The summed E-state index contributed by atoms with van der Waals surface area (Å²) < 4.78 is 11.8. The molecule has 0 fully saturated rings. The number of nitrogens with zero attached hydrogens (tertiary/aromatic N) is 3. The van der Waals surface area contributed by atoms with Crippen molar-refractivity contribution in [2.24, 2.45) is 23.7 Å². The zero-order valence-electron chi connectivity index (χ0n) is 38.0. The topological polar surface area (TPSA) is 192 Å². The standard InChI is InChI=1S/C45H71N5O10/c1-14-26(4)37-43(56)49(12)32(10)45(58)59-38(27(5)15-2)30(8)35(51)23-22-29(7)44(57)60-39(28(6)16-3)40(53)46-31(9)41(54)50(13)34(24-33-20-18-17-19-21-33)42(55)48(11)25-36(52)47-37/h17-22,26-28,30-32,34-35,37-39,51H,14-16,23-25H2,1-13H3,(H,46,53)(H,47,52)/b29-22+/t26-,27-,28-,30-,31-,32-,34-,35-,37-,38-,39+/m0/s1. The number of esters is 2. The maximum Gasteiger partial charge on any atom is 0.334 e. The summed E-state index contributed by atoms with van der Waals surface area (Å²) >= 11 is 0. The minimum Gasteiger partial charge on any atom is -0.460 e. The van der Waals surface area contributed by atoms with Gasteiger partial charge in [0.15, 0.2) is 6.10 Å². The van der Waals surface area contributed by atoms with Gasteiger partial charge >= 0.3 is 11.9 Å². The molecule has 5 amide bonds. The minimum absolute atomic E-state index is 0.00688. The molecule has 1 aromatic rings. The van der Waals surface area contributed by atoms with Gasteiger partial charge in [0, 0.05) is 45.0 Å². The lowest BCUT2D eigenvalue weighted by Gasteiger charge is -2.35. The Morgan fingerprint density at radius 3 is 1.92 bits per heavy atom. The van der Waals surface area contributed by atoms with Gasteiger partial charge in [-0.15, -0.1) is 0 Å². The molecular formula is C45H71N5O10. The normalized spacial score (nSPS) is 29.4. The second kappa shape index (κ2) is 23.9. The number of amides is 5. The van der Waals surface area contributed by atoms with Gasteiger partial charge < -0.3 is 39.9 Å². The monoisotopic (exact) mass is 842 g/mol. The van der Waals surface area contributed by atoms with E-state index >= 15 is 0 Å². The Hall–Kier alpha value is -4.79. The Kier molecular flexibility index (Phi) is 20.4. The van der Waals surface area contributed by atoms with Crippen LogP contribution in [0, 0.1) is 23.7 Å². The molecule has 1 aliphatic heterocycles. The van der Waals surface area contributed by atoms with Crippen LogP contribution in [0.5, 0.6) is 0 Å². The van der Waals surface area contributed by atoms with E-state index in [4.69, 9.17) is 9.47 Å². The van der Waals surface area contributed by atoms with Crippen molar-refractivity contribution in [2.75, 3.05) is 27.7 Å². The van der Waals surface area contributed by atoms with Crippen LogP contribution in [-0.2, 0) is 49.5 Å². The van der Waals surface area contributed by atoms with Gasteiger partial charge in [0.25, 0.3) is 5.91 Å². The molecule has 60 heavy (non-hydrogen) atoms. The van der Waals surface area contributed by atoms with E-state index in [1.807, 2.05) is 45.9 Å². The molecule has 0 bridgehead atoms. The number of likely N-dealkylation sites (N-methyl/N-ethyl adjacent to an activating group) is 3. The molecule has 1 heterocycles. The van der Waals surface area contributed by atoms with Crippen molar-refractivity contribution in [3.63, 3.8) is 0 Å². The van der Waals surface area contributed by atoms with Crippen LogP contribution in [0.3, 0.4) is 0 Å². The van der Waals surface area contributed by atoms with Gasteiger partial charge in [0.1, 0.15) is 30.3 Å². The highest BCUT2D eigenvalue weighted by Gasteiger charge is 2.39. The number of ether oxygens (including phenoxy) is 2. The molecule has 0 saturated carbocycles. The van der Waals surface area contributed by atoms with Crippen LogP contribution in [-0.4, -0.2) is 131 Å². The molecule has 336 valence electrons. The van der Waals surface area contributed by atoms with E-state index in [-0.39, 0.29) is 30.3 Å². The SMILES string of the molecule is CC[C@H](C)[C@@H]1OC(=O)[C@H](C)N(C)C(=O)[C@H]([C@@H](C)CC)NC(=O)CN(C)C(=O)[C@H](Cc2ccccc2)N(C)C(=O)[C@H](C)NC(=O)[C@@H]([C@@H](C)CC)OC(=O)/C(C)=C/C[C@H](O)[C@@H]1C. The van der Waals surface area contributed by atoms with Crippen molar-refractivity contribution in [1.29, 1.82) is 0 Å². The third-order valence-corrected chi connectivity index (χ3v) is 12.1. The molecule has 2 rings (SSSR count). The number of benzene rings is 1. The Morgan fingerprint density at radius 2 is 1.35 bits per heavy atom. The Bertz CT molecular complexity index is 1670. The summed E-state index contributed by atoms with van der Waals surface area (Å²) in [4.78, 5) is 100. The van der Waals surface area contributed by atoms with E-state index < -0.39 is 102 Å². The molecule has 0 aliphatic carbocycles. The van der Waals surface area contributed by atoms with Crippen LogP contribution < -0.4 is 10.6 Å². The fraction of sp³-hybridized carbons (Fsp3) is 0.667. The van der Waals surface area contributed by atoms with Gasteiger partial charge in [-0.1, -0.05) is 97.7 Å². The highest BCUT2D eigenvalue weighted by molar-refractivity contribution is 5.96. The smallest absolute Gasteiger partial charge is 0.334 e. The Balaban J connectivity index is 2.66. The molecule has 3 N–H and O–H groups in total. The van der Waals surface area contributed by atoms with Crippen molar-refractivity contribution in [1.82, 2.24) is 25.3 Å². The van der Waals surface area contributed by atoms with Gasteiger partial charge in [0.05, 0.1) is 12.6 Å². The third kappa shape index (κ3) is 13.9. The van der Waals surface area contributed by atoms with E-state index in [0.29, 0.717) is 19.3 Å². The summed E-state index contributed by atoms with van der Waals surface area (Å²) in [6, 6.07) is 4.67. The van der Waals surface area contributed by atoms with E-state index in [2.05, 4.69) is 10.6 Å². The quantitative estimate of drug-likeness (QED) is 0.326. The number of aliphatic hydroxyl groups excluding tert-OH is 1. The molecule has 11 atom stereocenters. The average Bonchev–Trinajstić information content (AvgIpc) is 3.24. The van der Waals surface area contributed by atoms with Crippen LogP contribution in [0.15, 0.2) is 42.0 Å². The number of hydrogen-bond acceptors (Lipinski definition) is 10. The lowest BCUT2D eigenvalue weighted by Crippen LogP contribution is -2.58. The number of carbonyl (C=O) groups excluding carboxylic acids is 7. The fourth-order valence-corrected chi connectivity index (χ4v) is 6.93. The van der Waals surface area contributed by atoms with Crippen LogP contribution in [0.25, 0.3) is 0 Å². The van der Waals surface area contributed by atoms with E-state index in [0.717, 1.165) is 5.56 Å². The summed E-state index contributed by atoms with van der Waals surface area (Å²) in [5.41, 5.74) is 0.889. The molecule has 0 unspecified atom stereocenters. The van der Waals surface area contributed by atoms with Crippen LogP contribution in [0.4, 0.5) is 0 Å². The first-order valence-corrected chi connectivity index (χ1v) is 21.3. The maximum absolute atomic E-state index is 14.2. The number of rotatable bonds is 8. The third-order valence-electron chi connectivity index (χ3n) is 12.1. The number of cyclic esters (lactones) is 2. The van der Waals surface area contributed by atoms with Gasteiger partial charge in [0.2, 0.25) is 23.6 Å². The highest BCUT2D eigenvalue weighted by Crippen LogP contribution is 2.26. The Labute approximate surface area is 356 Å². The number of nitrogens with one attached hydrogen (secondary N) is 2. The first kappa shape index (κ1) is 51.4. The average molecular weight is 842 g/mol. The lowest BCUT2D eigenvalue weighted by atomic mass is 9.86. The van der Waals surface area contributed by atoms with Gasteiger partial charge in [-0.2, -0.15) is 0 Å². The predicted octanol–water partition coefficient (Wildman–Crippen LogP) is 3.66. The summed E-state index contributed by atoms with van der Waals surface area (Å²) in [6.45, 7) is 16.9. The van der Waals surface area contributed by atoms with Crippen molar-refractivity contribution in [3.05, 3.63) is 47.5 Å². The van der Waals surface area contributed by atoms with Gasteiger partial charge in [-0.25, -0.2) is 9.59 Å². The van der Waals surface area contributed by atoms with Crippen molar-refractivity contribution in [2.45, 2.75) is 144 Å². The lowest BCUT2D eigenvalue weighted by molar-refractivity contribution is -0.166. The molecule has 0 radical (unpaired) electrons. The van der Waals surface area contributed by atoms with E-state index in [9.17, 15) is 38.7 Å². The summed E-state index contributed by atoms with van der Waals surface area (Å²) in [5, 5.41) is 16.8. The zero-order chi connectivity index (χ0) is 45.6. The van der Waals surface area contributed by atoms with Crippen LogP contribution in [0.1, 0.15) is 100 Å². The minimum atomic E-state index is -1.26. The summed E-state index contributed by atoms with van der Waals surface area (Å²) in [5.74, 6) is -6.06. The molecule has 15 nitrogen and oxygen atoms in total. The second-order valence-electron chi connectivity index (χ2n) is 16.7. The molecule has 0 saturated heterocycles.